The SMILES string of the molecule is CCOc1ccc(O[C@H](C)C(=O)NNC(=O)COc2cccc(C)c2C)cc1. The fourth-order valence-electron chi connectivity index (χ4n) is 2.33. The zero-order valence-corrected chi connectivity index (χ0v) is 16.6. The van der Waals surface area contributed by atoms with Gasteiger partial charge >= 0.3 is 0 Å². The minimum Gasteiger partial charge on any atom is -0.494 e. The van der Waals surface area contributed by atoms with E-state index in [-0.39, 0.29) is 6.61 Å². The summed E-state index contributed by atoms with van der Waals surface area (Å²) in [6.07, 6.45) is -0.793. The molecule has 0 aliphatic heterocycles. The van der Waals surface area contributed by atoms with Gasteiger partial charge in [-0.05, 0) is 69.2 Å². The van der Waals surface area contributed by atoms with Crippen LogP contribution >= 0.6 is 0 Å². The summed E-state index contributed by atoms with van der Waals surface area (Å²) in [5, 5.41) is 0. The summed E-state index contributed by atoms with van der Waals surface area (Å²) in [6.45, 7) is 7.74. The standard InChI is InChI=1S/C21H26N2O5/c1-5-26-17-9-11-18(12-10-17)28-16(4)21(25)23-22-20(24)13-27-19-8-6-7-14(2)15(19)3/h6-12,16H,5,13H2,1-4H3,(H,22,24)(H,23,25)/t16-/m1/s1. The molecule has 0 heterocycles. The maximum Gasteiger partial charge on any atom is 0.279 e. The smallest absolute Gasteiger partial charge is 0.279 e. The minimum atomic E-state index is -0.793. The van der Waals surface area contributed by atoms with Gasteiger partial charge in [-0.3, -0.25) is 20.4 Å². The lowest BCUT2D eigenvalue weighted by molar-refractivity contribution is -0.133. The molecule has 2 aromatic rings. The van der Waals surface area contributed by atoms with Crippen molar-refractivity contribution in [1.29, 1.82) is 0 Å². The van der Waals surface area contributed by atoms with Crippen LogP contribution in [-0.4, -0.2) is 31.1 Å². The first-order valence-electron chi connectivity index (χ1n) is 9.08. The molecule has 150 valence electrons. The molecular formula is C21H26N2O5. The van der Waals surface area contributed by atoms with Crippen LogP contribution in [0.25, 0.3) is 0 Å². The Hall–Kier alpha value is -3.22. The lowest BCUT2D eigenvalue weighted by Crippen LogP contribution is -2.48. The van der Waals surface area contributed by atoms with E-state index < -0.39 is 17.9 Å². The molecule has 0 unspecified atom stereocenters. The second kappa shape index (κ2) is 10.2. The predicted molar refractivity (Wildman–Crippen MR) is 105 cm³/mol. The van der Waals surface area contributed by atoms with Gasteiger partial charge in [-0.1, -0.05) is 12.1 Å². The molecular weight excluding hydrogens is 360 g/mol. The lowest BCUT2D eigenvalue weighted by Gasteiger charge is -2.16. The third-order valence-corrected chi connectivity index (χ3v) is 4.06. The molecule has 0 aliphatic rings. The highest BCUT2D eigenvalue weighted by atomic mass is 16.5. The number of hydrogen-bond acceptors (Lipinski definition) is 5. The molecule has 0 bridgehead atoms. The third-order valence-electron chi connectivity index (χ3n) is 4.06. The zero-order chi connectivity index (χ0) is 20.5. The van der Waals surface area contributed by atoms with Gasteiger partial charge in [0.1, 0.15) is 17.2 Å². The molecule has 0 fully saturated rings. The Bertz CT molecular complexity index is 805. The van der Waals surface area contributed by atoms with Crippen molar-refractivity contribution in [3.05, 3.63) is 53.6 Å². The largest absolute Gasteiger partial charge is 0.494 e. The Labute approximate surface area is 165 Å². The van der Waals surface area contributed by atoms with Crippen molar-refractivity contribution >= 4 is 11.8 Å². The van der Waals surface area contributed by atoms with Crippen LogP contribution in [-0.2, 0) is 9.59 Å². The molecule has 0 aromatic heterocycles. The summed E-state index contributed by atoms with van der Waals surface area (Å²) in [5.41, 5.74) is 6.69. The number of benzene rings is 2. The molecule has 0 spiro atoms. The highest BCUT2D eigenvalue weighted by Crippen LogP contribution is 2.20. The molecule has 2 rings (SSSR count). The number of rotatable bonds is 8. The predicted octanol–water partition coefficient (Wildman–Crippen LogP) is 2.70. The third kappa shape index (κ3) is 6.19. The first-order chi connectivity index (χ1) is 13.4. The van der Waals surface area contributed by atoms with Crippen LogP contribution < -0.4 is 25.1 Å². The van der Waals surface area contributed by atoms with Gasteiger partial charge in [-0.15, -0.1) is 0 Å². The molecule has 28 heavy (non-hydrogen) atoms. The number of hydrogen-bond donors (Lipinski definition) is 2. The summed E-state index contributed by atoms with van der Waals surface area (Å²) >= 11 is 0. The van der Waals surface area contributed by atoms with Crippen molar-refractivity contribution < 1.29 is 23.8 Å². The van der Waals surface area contributed by atoms with Crippen LogP contribution in [0.15, 0.2) is 42.5 Å². The van der Waals surface area contributed by atoms with E-state index in [4.69, 9.17) is 14.2 Å². The zero-order valence-electron chi connectivity index (χ0n) is 16.6. The van der Waals surface area contributed by atoms with E-state index in [1.165, 1.54) is 0 Å². The van der Waals surface area contributed by atoms with Gasteiger partial charge in [0.2, 0.25) is 0 Å². The van der Waals surface area contributed by atoms with Crippen molar-refractivity contribution in [2.45, 2.75) is 33.8 Å². The molecule has 0 radical (unpaired) electrons. The molecule has 0 saturated carbocycles. The van der Waals surface area contributed by atoms with Crippen molar-refractivity contribution in [1.82, 2.24) is 10.9 Å². The second-order valence-corrected chi connectivity index (χ2v) is 6.19. The van der Waals surface area contributed by atoms with Gasteiger partial charge in [0.15, 0.2) is 12.7 Å². The number of nitrogens with one attached hydrogen (secondary N) is 2. The van der Waals surface area contributed by atoms with Gasteiger partial charge in [-0.2, -0.15) is 0 Å². The Morgan fingerprint density at radius 2 is 1.64 bits per heavy atom. The summed E-state index contributed by atoms with van der Waals surface area (Å²) in [7, 11) is 0. The Kier molecular flexibility index (Phi) is 7.68. The summed E-state index contributed by atoms with van der Waals surface area (Å²) in [6, 6.07) is 12.6. The van der Waals surface area contributed by atoms with Gasteiger partial charge in [0, 0.05) is 0 Å². The number of aryl methyl sites for hydroxylation is 1. The Morgan fingerprint density at radius 3 is 2.32 bits per heavy atom. The fourth-order valence-corrected chi connectivity index (χ4v) is 2.33. The average Bonchev–Trinajstić information content (AvgIpc) is 2.69. The Morgan fingerprint density at radius 1 is 0.964 bits per heavy atom. The number of amides is 2. The van der Waals surface area contributed by atoms with Crippen LogP contribution in [0, 0.1) is 13.8 Å². The van der Waals surface area contributed by atoms with Crippen LogP contribution in [0.5, 0.6) is 17.2 Å². The minimum absolute atomic E-state index is 0.210. The van der Waals surface area contributed by atoms with Gasteiger partial charge < -0.3 is 14.2 Å². The van der Waals surface area contributed by atoms with Gasteiger partial charge in [-0.25, -0.2) is 0 Å². The van der Waals surface area contributed by atoms with E-state index >= 15 is 0 Å². The monoisotopic (exact) mass is 386 g/mol. The van der Waals surface area contributed by atoms with Crippen molar-refractivity contribution in [3.63, 3.8) is 0 Å². The van der Waals surface area contributed by atoms with Crippen molar-refractivity contribution in [2.24, 2.45) is 0 Å². The summed E-state index contributed by atoms with van der Waals surface area (Å²) < 4.78 is 16.4. The highest BCUT2D eigenvalue weighted by molar-refractivity contribution is 5.85. The lowest BCUT2D eigenvalue weighted by atomic mass is 10.1. The molecule has 1 atom stereocenters. The molecule has 0 aliphatic carbocycles. The first kappa shape index (κ1) is 21.1. The maximum atomic E-state index is 12.1. The number of carbonyl (C=O) groups is 2. The normalized spacial score (nSPS) is 11.3. The van der Waals surface area contributed by atoms with Gasteiger partial charge in [0.25, 0.3) is 11.8 Å². The maximum absolute atomic E-state index is 12.1. The quantitative estimate of drug-likeness (QED) is 0.682. The first-order valence-corrected chi connectivity index (χ1v) is 9.08. The van der Waals surface area contributed by atoms with E-state index in [1.54, 1.807) is 37.3 Å². The van der Waals surface area contributed by atoms with E-state index in [2.05, 4.69) is 10.9 Å². The van der Waals surface area contributed by atoms with Crippen LogP contribution in [0.1, 0.15) is 25.0 Å². The number of carbonyl (C=O) groups excluding carboxylic acids is 2. The molecule has 0 saturated heterocycles. The van der Waals surface area contributed by atoms with E-state index in [0.29, 0.717) is 18.1 Å². The highest BCUT2D eigenvalue weighted by Gasteiger charge is 2.16. The van der Waals surface area contributed by atoms with E-state index in [1.807, 2.05) is 32.9 Å². The van der Waals surface area contributed by atoms with Crippen LogP contribution in [0.3, 0.4) is 0 Å². The molecule has 7 nitrogen and oxygen atoms in total. The van der Waals surface area contributed by atoms with Crippen molar-refractivity contribution in [2.75, 3.05) is 13.2 Å². The topological polar surface area (TPSA) is 85.9 Å². The van der Waals surface area contributed by atoms with Gasteiger partial charge in [0.05, 0.1) is 6.61 Å². The average molecular weight is 386 g/mol. The second-order valence-electron chi connectivity index (χ2n) is 6.19. The summed E-state index contributed by atoms with van der Waals surface area (Å²) in [4.78, 5) is 24.0. The molecule has 2 amide bonds. The summed E-state index contributed by atoms with van der Waals surface area (Å²) in [5.74, 6) is 0.934. The molecule has 2 N–H and O–H groups in total. The Balaban J connectivity index is 1.75. The van der Waals surface area contributed by atoms with Crippen LogP contribution in [0.4, 0.5) is 0 Å². The molecule has 2 aromatic carbocycles. The molecule has 7 heteroatoms. The number of hydrazine groups is 1. The van der Waals surface area contributed by atoms with Crippen LogP contribution in [0.2, 0.25) is 0 Å². The van der Waals surface area contributed by atoms with E-state index in [9.17, 15) is 9.59 Å². The number of ether oxygens (including phenoxy) is 3. The van der Waals surface area contributed by atoms with E-state index in [0.717, 1.165) is 16.9 Å². The van der Waals surface area contributed by atoms with Crippen molar-refractivity contribution in [3.8, 4) is 17.2 Å². The fraction of sp³-hybridized carbons (Fsp3) is 0.333.